The summed E-state index contributed by atoms with van der Waals surface area (Å²) in [6, 6.07) is 17.1. The van der Waals surface area contributed by atoms with E-state index in [1.165, 1.54) is 0 Å². The van der Waals surface area contributed by atoms with Gasteiger partial charge in [0.2, 0.25) is 0 Å². The normalized spacial score (nSPS) is 12.4. The molecule has 24 heavy (non-hydrogen) atoms. The number of hydrogen-bond acceptors (Lipinski definition) is 4. The van der Waals surface area contributed by atoms with Gasteiger partial charge in [0.15, 0.2) is 0 Å². The number of carbonyl (C=O) groups is 2. The van der Waals surface area contributed by atoms with Crippen LogP contribution in [0, 0.1) is 0 Å². The van der Waals surface area contributed by atoms with E-state index in [2.05, 4.69) is 0 Å². The molecule has 6 heteroatoms. The maximum Gasteiger partial charge on any atom is 0.320 e. The molecule has 128 valence electrons. The Morgan fingerprint density at radius 3 is 1.25 bits per heavy atom. The fourth-order valence-corrected chi connectivity index (χ4v) is 1.91. The Bertz CT molecular complexity index is 574. The van der Waals surface area contributed by atoms with Crippen LogP contribution in [-0.4, -0.2) is 34.2 Å². The van der Waals surface area contributed by atoms with Crippen molar-refractivity contribution in [2.45, 2.75) is 24.9 Å². The van der Waals surface area contributed by atoms with Gasteiger partial charge in [-0.05, 0) is 24.0 Å². The highest BCUT2D eigenvalue weighted by molar-refractivity contribution is 5.73. The molecule has 2 aromatic carbocycles. The molecule has 2 unspecified atom stereocenters. The predicted molar refractivity (Wildman–Crippen MR) is 91.5 cm³/mol. The lowest BCUT2D eigenvalue weighted by atomic mass is 10.1. The molecule has 6 nitrogen and oxygen atoms in total. The quantitative estimate of drug-likeness (QED) is 0.632. The molecule has 2 rings (SSSR count). The van der Waals surface area contributed by atoms with Crippen LogP contribution in [0.3, 0.4) is 0 Å². The van der Waals surface area contributed by atoms with E-state index in [1.54, 1.807) is 0 Å². The van der Waals surface area contributed by atoms with Crippen molar-refractivity contribution in [1.82, 2.24) is 0 Å². The Balaban J connectivity index is 0.000000240. The fourth-order valence-electron chi connectivity index (χ4n) is 1.91. The molecule has 0 aromatic heterocycles. The van der Waals surface area contributed by atoms with Crippen LogP contribution < -0.4 is 11.5 Å². The van der Waals surface area contributed by atoms with Crippen LogP contribution in [0.1, 0.15) is 11.1 Å². The Hall–Kier alpha value is -2.70. The number of aliphatic carboxylic acids is 2. The predicted octanol–water partition coefficient (Wildman–Crippen LogP) is 1.28. The molecule has 0 aliphatic carbocycles. The molecule has 0 amide bonds. The number of rotatable bonds is 6. The maximum atomic E-state index is 10.4. The summed E-state index contributed by atoms with van der Waals surface area (Å²) in [4.78, 5) is 20.8. The highest BCUT2D eigenvalue weighted by Crippen LogP contribution is 2.02. The minimum absolute atomic E-state index is 0.385. The molecule has 2 atom stereocenters. The van der Waals surface area contributed by atoms with Gasteiger partial charge in [0.25, 0.3) is 0 Å². The first-order valence-corrected chi connectivity index (χ1v) is 7.44. The van der Waals surface area contributed by atoms with Gasteiger partial charge in [-0.15, -0.1) is 0 Å². The average molecular weight is 330 g/mol. The molecular formula is C18H22N2O4. The highest BCUT2D eigenvalue weighted by Gasteiger charge is 2.11. The minimum atomic E-state index is -0.959. The molecule has 6 N–H and O–H groups in total. The van der Waals surface area contributed by atoms with Gasteiger partial charge >= 0.3 is 11.9 Å². The van der Waals surface area contributed by atoms with Crippen LogP contribution in [0.5, 0.6) is 0 Å². The van der Waals surface area contributed by atoms with Crippen LogP contribution in [0.15, 0.2) is 60.7 Å². The van der Waals surface area contributed by atoms with Gasteiger partial charge in [0, 0.05) is 0 Å². The molecule has 0 aliphatic heterocycles. The van der Waals surface area contributed by atoms with E-state index in [9.17, 15) is 9.59 Å². The molecular weight excluding hydrogens is 308 g/mol. The average Bonchev–Trinajstić information content (AvgIpc) is 2.57. The second-order valence-corrected chi connectivity index (χ2v) is 5.27. The highest BCUT2D eigenvalue weighted by atomic mass is 16.4. The number of hydrogen-bond donors (Lipinski definition) is 4. The SMILES string of the molecule is NC(Cc1ccccc1)C(=O)O.NC(Cc1ccccc1)C(=O)O. The summed E-state index contributed by atoms with van der Waals surface area (Å²) >= 11 is 0. The summed E-state index contributed by atoms with van der Waals surface area (Å²) in [5.41, 5.74) is 12.6. The molecule has 0 spiro atoms. The molecule has 0 saturated heterocycles. The molecule has 2 aromatic rings. The van der Waals surface area contributed by atoms with E-state index in [0.29, 0.717) is 12.8 Å². The second kappa shape index (κ2) is 10.1. The van der Waals surface area contributed by atoms with Crippen molar-refractivity contribution in [2.75, 3.05) is 0 Å². The Labute approximate surface area is 140 Å². The summed E-state index contributed by atoms with van der Waals surface area (Å²) < 4.78 is 0. The van der Waals surface area contributed by atoms with E-state index in [1.807, 2.05) is 60.7 Å². The van der Waals surface area contributed by atoms with E-state index < -0.39 is 24.0 Å². The molecule has 0 heterocycles. The first-order chi connectivity index (χ1) is 11.4. The van der Waals surface area contributed by atoms with Crippen molar-refractivity contribution in [3.63, 3.8) is 0 Å². The van der Waals surface area contributed by atoms with E-state index in [4.69, 9.17) is 21.7 Å². The first kappa shape index (κ1) is 19.3. The van der Waals surface area contributed by atoms with Gasteiger partial charge in [-0.25, -0.2) is 0 Å². The number of benzene rings is 2. The summed E-state index contributed by atoms with van der Waals surface area (Å²) in [5.74, 6) is -1.92. The zero-order valence-corrected chi connectivity index (χ0v) is 13.2. The lowest BCUT2D eigenvalue weighted by molar-refractivity contribution is -0.139. The van der Waals surface area contributed by atoms with Gasteiger partial charge in [-0.3, -0.25) is 9.59 Å². The van der Waals surface area contributed by atoms with Gasteiger partial charge < -0.3 is 21.7 Å². The van der Waals surface area contributed by atoms with E-state index in [0.717, 1.165) is 11.1 Å². The van der Waals surface area contributed by atoms with Crippen LogP contribution >= 0.6 is 0 Å². The maximum absolute atomic E-state index is 10.4. The third kappa shape index (κ3) is 7.53. The molecule has 0 radical (unpaired) electrons. The van der Waals surface area contributed by atoms with Crippen molar-refractivity contribution in [3.8, 4) is 0 Å². The summed E-state index contributed by atoms with van der Waals surface area (Å²) in [6.07, 6.45) is 0.770. The lowest BCUT2D eigenvalue weighted by Crippen LogP contribution is -2.32. The third-order valence-corrected chi connectivity index (χ3v) is 3.23. The topological polar surface area (TPSA) is 127 Å². The molecule has 0 saturated carbocycles. The number of nitrogens with two attached hydrogens (primary N) is 2. The van der Waals surface area contributed by atoms with Crippen molar-refractivity contribution >= 4 is 11.9 Å². The minimum Gasteiger partial charge on any atom is -0.480 e. The second-order valence-electron chi connectivity index (χ2n) is 5.27. The standard InChI is InChI=1S/2C9H11NO2/c2*10-8(9(11)12)6-7-4-2-1-3-5-7/h2*1-5,8H,6,10H2,(H,11,12). The van der Waals surface area contributed by atoms with Gasteiger partial charge in [-0.1, -0.05) is 60.7 Å². The third-order valence-electron chi connectivity index (χ3n) is 3.23. The Morgan fingerprint density at radius 1 is 0.708 bits per heavy atom. The van der Waals surface area contributed by atoms with Crippen molar-refractivity contribution < 1.29 is 19.8 Å². The monoisotopic (exact) mass is 330 g/mol. The zero-order valence-electron chi connectivity index (χ0n) is 13.2. The smallest absolute Gasteiger partial charge is 0.320 e. The number of carboxylic acid groups (broad SMARTS) is 2. The summed E-state index contributed by atoms with van der Waals surface area (Å²) in [5, 5.41) is 17.0. The molecule has 0 aliphatic rings. The van der Waals surface area contributed by atoms with E-state index in [-0.39, 0.29) is 0 Å². The Kier molecular flexibility index (Phi) is 8.18. The van der Waals surface area contributed by atoms with Crippen molar-refractivity contribution in [1.29, 1.82) is 0 Å². The Morgan fingerprint density at radius 2 is 1.00 bits per heavy atom. The van der Waals surface area contributed by atoms with Gasteiger partial charge in [0.05, 0.1) is 0 Å². The summed E-state index contributed by atoms with van der Waals surface area (Å²) in [6.45, 7) is 0. The van der Waals surface area contributed by atoms with Crippen LogP contribution in [0.4, 0.5) is 0 Å². The van der Waals surface area contributed by atoms with Crippen LogP contribution in [-0.2, 0) is 22.4 Å². The van der Waals surface area contributed by atoms with E-state index >= 15 is 0 Å². The first-order valence-electron chi connectivity index (χ1n) is 7.44. The van der Waals surface area contributed by atoms with Gasteiger partial charge in [-0.2, -0.15) is 0 Å². The van der Waals surface area contributed by atoms with Gasteiger partial charge in [0.1, 0.15) is 12.1 Å². The van der Waals surface area contributed by atoms with Crippen molar-refractivity contribution in [2.24, 2.45) is 11.5 Å². The van der Waals surface area contributed by atoms with Crippen LogP contribution in [0.2, 0.25) is 0 Å². The lowest BCUT2D eigenvalue weighted by Gasteiger charge is -2.04. The van der Waals surface area contributed by atoms with Crippen molar-refractivity contribution in [3.05, 3.63) is 71.8 Å². The number of carboxylic acids is 2. The largest absolute Gasteiger partial charge is 0.480 e. The van der Waals surface area contributed by atoms with Crippen LogP contribution in [0.25, 0.3) is 0 Å². The summed E-state index contributed by atoms with van der Waals surface area (Å²) in [7, 11) is 0. The zero-order chi connectivity index (χ0) is 17.9. The molecule has 0 fully saturated rings. The fraction of sp³-hybridized carbons (Fsp3) is 0.222. The molecule has 0 bridgehead atoms.